The lowest BCUT2D eigenvalue weighted by Gasteiger charge is -2.13. The third kappa shape index (κ3) is 7.74. The van der Waals surface area contributed by atoms with Crippen LogP contribution in [0.5, 0.6) is 11.5 Å². The summed E-state index contributed by atoms with van der Waals surface area (Å²) in [6, 6.07) is 17.2. The average molecular weight is 538 g/mol. The Morgan fingerprint density at radius 3 is 2.41 bits per heavy atom. The fourth-order valence-electron chi connectivity index (χ4n) is 3.37. The van der Waals surface area contributed by atoms with Gasteiger partial charge in [0.2, 0.25) is 0 Å². The number of nitrogens with one attached hydrogen (secondary N) is 2. The number of hydrogen-bond donors (Lipinski definition) is 2. The first-order valence-electron chi connectivity index (χ1n) is 11.3. The lowest BCUT2D eigenvalue weighted by atomic mass is 10.1. The normalized spacial score (nSPS) is 10.9. The molecule has 0 spiro atoms. The van der Waals surface area contributed by atoms with Crippen LogP contribution in [0.2, 0.25) is 10.0 Å². The van der Waals surface area contributed by atoms with E-state index in [1.54, 1.807) is 43.3 Å². The maximum Gasteiger partial charge on any atom is 0.266 e. The smallest absolute Gasteiger partial charge is 0.266 e. The predicted octanol–water partition coefficient (Wildman–Crippen LogP) is 6.57. The van der Waals surface area contributed by atoms with E-state index >= 15 is 0 Å². The number of ether oxygens (including phenoxy) is 2. The minimum Gasteiger partial charge on any atom is -0.490 e. The van der Waals surface area contributed by atoms with Crippen LogP contribution in [0.1, 0.15) is 23.6 Å². The van der Waals surface area contributed by atoms with E-state index in [4.69, 9.17) is 32.7 Å². The van der Waals surface area contributed by atoms with Crippen molar-refractivity contribution in [2.24, 2.45) is 0 Å². The zero-order valence-electron chi connectivity index (χ0n) is 20.5. The van der Waals surface area contributed by atoms with Crippen molar-refractivity contribution in [2.45, 2.75) is 20.8 Å². The molecule has 0 atom stereocenters. The van der Waals surface area contributed by atoms with Gasteiger partial charge >= 0.3 is 0 Å². The van der Waals surface area contributed by atoms with Crippen molar-refractivity contribution in [3.05, 3.63) is 86.9 Å². The largest absolute Gasteiger partial charge is 0.490 e. The van der Waals surface area contributed by atoms with E-state index < -0.39 is 11.8 Å². The number of rotatable bonds is 9. The molecule has 37 heavy (non-hydrogen) atoms. The van der Waals surface area contributed by atoms with Gasteiger partial charge in [0, 0.05) is 11.4 Å². The summed E-state index contributed by atoms with van der Waals surface area (Å²) < 4.78 is 11.3. The highest BCUT2D eigenvalue weighted by molar-refractivity contribution is 6.42. The lowest BCUT2D eigenvalue weighted by Crippen LogP contribution is -2.20. The molecular weight excluding hydrogens is 513 g/mol. The molecule has 0 heterocycles. The van der Waals surface area contributed by atoms with Crippen molar-refractivity contribution < 1.29 is 19.1 Å². The predicted molar refractivity (Wildman–Crippen MR) is 146 cm³/mol. The number of anilines is 2. The van der Waals surface area contributed by atoms with Crippen LogP contribution in [0.15, 0.2) is 60.2 Å². The summed E-state index contributed by atoms with van der Waals surface area (Å²) >= 11 is 11.9. The van der Waals surface area contributed by atoms with Crippen LogP contribution in [-0.4, -0.2) is 25.0 Å². The Balaban J connectivity index is 1.72. The van der Waals surface area contributed by atoms with Gasteiger partial charge in [0.15, 0.2) is 18.1 Å². The van der Waals surface area contributed by atoms with Crippen LogP contribution in [-0.2, 0) is 9.59 Å². The summed E-state index contributed by atoms with van der Waals surface area (Å²) in [5.74, 6) is -0.224. The number of nitriles is 1. The number of amides is 2. The molecule has 0 saturated heterocycles. The molecule has 0 bridgehead atoms. The van der Waals surface area contributed by atoms with Gasteiger partial charge in [-0.1, -0.05) is 47.0 Å². The lowest BCUT2D eigenvalue weighted by molar-refractivity contribution is -0.118. The van der Waals surface area contributed by atoms with Gasteiger partial charge < -0.3 is 20.1 Å². The van der Waals surface area contributed by atoms with Crippen LogP contribution in [0.4, 0.5) is 11.4 Å². The zero-order chi connectivity index (χ0) is 26.9. The second kappa shape index (κ2) is 12.8. The van der Waals surface area contributed by atoms with Crippen LogP contribution in [0.3, 0.4) is 0 Å². The molecular formula is C28H25Cl2N3O4. The number of halogens is 2. The van der Waals surface area contributed by atoms with Crippen LogP contribution < -0.4 is 20.1 Å². The molecule has 3 aromatic carbocycles. The molecule has 0 aliphatic carbocycles. The number of nitrogens with zero attached hydrogens (tertiary/aromatic N) is 1. The van der Waals surface area contributed by atoms with Gasteiger partial charge in [0.05, 0.1) is 16.7 Å². The summed E-state index contributed by atoms with van der Waals surface area (Å²) in [4.78, 5) is 25.0. The van der Waals surface area contributed by atoms with E-state index in [1.165, 1.54) is 12.1 Å². The van der Waals surface area contributed by atoms with Gasteiger partial charge in [-0.25, -0.2) is 0 Å². The summed E-state index contributed by atoms with van der Waals surface area (Å²) in [5, 5.41) is 15.7. The Morgan fingerprint density at radius 1 is 0.946 bits per heavy atom. The van der Waals surface area contributed by atoms with Crippen molar-refractivity contribution >= 4 is 52.5 Å². The number of hydrogen-bond acceptors (Lipinski definition) is 5. The maximum absolute atomic E-state index is 12.7. The van der Waals surface area contributed by atoms with Crippen molar-refractivity contribution in [2.75, 3.05) is 23.8 Å². The van der Waals surface area contributed by atoms with Crippen molar-refractivity contribution in [1.29, 1.82) is 5.26 Å². The standard InChI is InChI=1S/C28H25Cl2N3O4/c1-4-36-26-13-19(12-20(15-31)28(35)33-24-9-5-17(2)11-18(24)3)6-10-25(26)37-16-27(34)32-21-7-8-22(29)23(30)14-21/h5-14H,4,16H2,1-3H3,(H,32,34)(H,33,35)/b20-12+. The Labute approximate surface area is 225 Å². The maximum atomic E-state index is 12.7. The highest BCUT2D eigenvalue weighted by Gasteiger charge is 2.14. The molecule has 0 aliphatic rings. The first kappa shape index (κ1) is 27.6. The number of carbonyl (C=O) groups excluding carboxylic acids is 2. The second-order valence-electron chi connectivity index (χ2n) is 8.05. The average Bonchev–Trinajstić information content (AvgIpc) is 2.86. The van der Waals surface area contributed by atoms with E-state index in [9.17, 15) is 14.9 Å². The van der Waals surface area contributed by atoms with Crippen LogP contribution in [0, 0.1) is 25.2 Å². The molecule has 0 fully saturated rings. The number of carbonyl (C=O) groups is 2. The molecule has 3 aromatic rings. The summed E-state index contributed by atoms with van der Waals surface area (Å²) in [6.07, 6.45) is 1.46. The van der Waals surface area contributed by atoms with E-state index in [0.29, 0.717) is 45.1 Å². The van der Waals surface area contributed by atoms with Crippen LogP contribution >= 0.6 is 23.2 Å². The van der Waals surface area contributed by atoms with Crippen LogP contribution in [0.25, 0.3) is 6.08 Å². The first-order chi connectivity index (χ1) is 17.7. The van der Waals surface area contributed by atoms with Gasteiger partial charge in [-0.2, -0.15) is 5.26 Å². The Morgan fingerprint density at radius 2 is 1.73 bits per heavy atom. The molecule has 3 rings (SSSR count). The topological polar surface area (TPSA) is 100 Å². The van der Waals surface area contributed by atoms with E-state index in [2.05, 4.69) is 10.6 Å². The molecule has 0 saturated carbocycles. The fraction of sp³-hybridized carbons (Fsp3) is 0.179. The molecule has 7 nitrogen and oxygen atoms in total. The molecule has 190 valence electrons. The Hall–Kier alpha value is -3.99. The van der Waals surface area contributed by atoms with E-state index in [-0.39, 0.29) is 12.2 Å². The number of aryl methyl sites for hydroxylation is 2. The number of benzene rings is 3. The van der Waals surface area contributed by atoms with E-state index in [0.717, 1.165) is 11.1 Å². The monoisotopic (exact) mass is 537 g/mol. The second-order valence-corrected chi connectivity index (χ2v) is 8.86. The molecule has 2 N–H and O–H groups in total. The first-order valence-corrected chi connectivity index (χ1v) is 12.1. The third-order valence-electron chi connectivity index (χ3n) is 5.14. The summed E-state index contributed by atoms with van der Waals surface area (Å²) in [5.41, 5.74) is 3.57. The minimum absolute atomic E-state index is 0.0721. The quantitative estimate of drug-likeness (QED) is 0.237. The highest BCUT2D eigenvalue weighted by Crippen LogP contribution is 2.30. The summed E-state index contributed by atoms with van der Waals surface area (Å²) in [6.45, 7) is 5.72. The molecule has 0 radical (unpaired) electrons. The molecule has 0 aliphatic heterocycles. The minimum atomic E-state index is -0.522. The zero-order valence-corrected chi connectivity index (χ0v) is 22.0. The fourth-order valence-corrected chi connectivity index (χ4v) is 3.67. The van der Waals surface area contributed by atoms with Crippen molar-refractivity contribution in [1.82, 2.24) is 0 Å². The van der Waals surface area contributed by atoms with Crippen molar-refractivity contribution in [3.8, 4) is 17.6 Å². The highest BCUT2D eigenvalue weighted by atomic mass is 35.5. The molecule has 0 aromatic heterocycles. The van der Waals surface area contributed by atoms with Gasteiger partial charge in [-0.3, -0.25) is 9.59 Å². The van der Waals surface area contributed by atoms with Crippen molar-refractivity contribution in [3.63, 3.8) is 0 Å². The molecule has 0 unspecified atom stereocenters. The SMILES string of the molecule is CCOc1cc(/C=C(\C#N)C(=O)Nc2ccc(C)cc2C)ccc1OCC(=O)Nc1ccc(Cl)c(Cl)c1. The van der Waals surface area contributed by atoms with Gasteiger partial charge in [0.25, 0.3) is 11.8 Å². The third-order valence-corrected chi connectivity index (χ3v) is 5.87. The van der Waals surface area contributed by atoms with Gasteiger partial charge in [0.1, 0.15) is 11.6 Å². The van der Waals surface area contributed by atoms with Gasteiger partial charge in [-0.15, -0.1) is 0 Å². The molecule has 9 heteroatoms. The summed E-state index contributed by atoms with van der Waals surface area (Å²) in [7, 11) is 0. The van der Waals surface area contributed by atoms with E-state index in [1.807, 2.05) is 32.0 Å². The molecule has 2 amide bonds. The Bertz CT molecular complexity index is 1400. The van der Waals surface area contributed by atoms with Gasteiger partial charge in [-0.05, 0) is 74.4 Å². The Kier molecular flexibility index (Phi) is 9.56.